The van der Waals surface area contributed by atoms with Gasteiger partial charge in [0.2, 0.25) is 0 Å². The molecule has 0 spiro atoms. The van der Waals surface area contributed by atoms with E-state index in [4.69, 9.17) is 14.2 Å². The number of nitrogens with one attached hydrogen (secondary N) is 1. The second-order valence-corrected chi connectivity index (χ2v) is 5.46. The number of hydrogen-bond donors (Lipinski definition) is 1. The van der Waals surface area contributed by atoms with Gasteiger partial charge in [-0.05, 0) is 42.8 Å². The fourth-order valence-corrected chi connectivity index (χ4v) is 2.15. The van der Waals surface area contributed by atoms with E-state index in [1.807, 2.05) is 12.1 Å². The number of rotatable bonds is 7. The van der Waals surface area contributed by atoms with Gasteiger partial charge in [-0.1, -0.05) is 12.1 Å². The normalized spacial score (nSPS) is 11.4. The summed E-state index contributed by atoms with van der Waals surface area (Å²) in [5.74, 6) is -1.19. The minimum Gasteiger partial charge on any atom is -0.497 e. The Hall–Kier alpha value is -3.09. The fraction of sp³-hybridized carbons (Fsp3) is 0.263. The highest BCUT2D eigenvalue weighted by molar-refractivity contribution is 5.92. The quantitative estimate of drug-likeness (QED) is 0.768. The van der Waals surface area contributed by atoms with E-state index in [1.165, 1.54) is 26.2 Å². The van der Waals surface area contributed by atoms with E-state index in [-0.39, 0.29) is 17.9 Å². The lowest BCUT2D eigenvalue weighted by Crippen LogP contribution is -2.35. The second-order valence-electron chi connectivity index (χ2n) is 5.46. The number of methoxy groups -OCH3 is 2. The van der Waals surface area contributed by atoms with Gasteiger partial charge in [0.05, 0.1) is 19.8 Å². The van der Waals surface area contributed by atoms with Crippen LogP contribution in [0.2, 0.25) is 0 Å². The molecule has 0 bridgehead atoms. The lowest BCUT2D eigenvalue weighted by molar-refractivity contribution is -0.129. The van der Waals surface area contributed by atoms with Crippen molar-refractivity contribution in [2.45, 2.75) is 19.6 Å². The molecule has 1 atom stereocenters. The molecular weight excluding hydrogens is 341 g/mol. The first-order valence-electron chi connectivity index (χ1n) is 7.89. The van der Waals surface area contributed by atoms with E-state index in [0.717, 1.165) is 11.6 Å². The molecule has 0 fully saturated rings. The topological polar surface area (TPSA) is 73.9 Å². The molecule has 0 aliphatic carbocycles. The summed E-state index contributed by atoms with van der Waals surface area (Å²) in [7, 11) is 2.90. The van der Waals surface area contributed by atoms with Gasteiger partial charge in [0.1, 0.15) is 5.75 Å². The van der Waals surface area contributed by atoms with Crippen molar-refractivity contribution in [3.05, 3.63) is 59.4 Å². The number of benzene rings is 2. The maximum absolute atomic E-state index is 13.6. The Morgan fingerprint density at radius 2 is 1.77 bits per heavy atom. The van der Waals surface area contributed by atoms with Crippen LogP contribution in [0.1, 0.15) is 22.8 Å². The molecule has 2 aromatic carbocycles. The summed E-state index contributed by atoms with van der Waals surface area (Å²) in [5.41, 5.74) is 0.869. The van der Waals surface area contributed by atoms with Crippen LogP contribution in [0.3, 0.4) is 0 Å². The van der Waals surface area contributed by atoms with Crippen molar-refractivity contribution < 1.29 is 28.2 Å². The van der Waals surface area contributed by atoms with Crippen molar-refractivity contribution in [3.8, 4) is 11.5 Å². The average molecular weight is 361 g/mol. The fourth-order valence-electron chi connectivity index (χ4n) is 2.15. The Bertz CT molecular complexity index is 776. The first-order chi connectivity index (χ1) is 12.4. The monoisotopic (exact) mass is 361 g/mol. The lowest BCUT2D eigenvalue weighted by Gasteiger charge is -2.14. The molecule has 7 heteroatoms. The number of carbonyl (C=O) groups excluding carboxylic acids is 2. The Morgan fingerprint density at radius 1 is 1.08 bits per heavy atom. The van der Waals surface area contributed by atoms with Gasteiger partial charge in [-0.3, -0.25) is 4.79 Å². The smallest absolute Gasteiger partial charge is 0.339 e. The predicted molar refractivity (Wildman–Crippen MR) is 92.7 cm³/mol. The van der Waals surface area contributed by atoms with Crippen molar-refractivity contribution in [2.75, 3.05) is 14.2 Å². The van der Waals surface area contributed by atoms with Crippen molar-refractivity contribution in [3.63, 3.8) is 0 Å². The summed E-state index contributed by atoms with van der Waals surface area (Å²) in [6.07, 6.45) is -1.02. The molecule has 2 aromatic rings. The SMILES string of the molecule is COc1ccc(CNC(=O)C(C)OC(=O)c2ccc(OC)c(F)c2)cc1. The molecule has 0 aliphatic heterocycles. The van der Waals surface area contributed by atoms with E-state index in [2.05, 4.69) is 5.32 Å². The number of amides is 1. The van der Waals surface area contributed by atoms with E-state index < -0.39 is 23.8 Å². The zero-order valence-electron chi connectivity index (χ0n) is 14.7. The summed E-state index contributed by atoms with van der Waals surface area (Å²) in [5, 5.41) is 2.67. The first-order valence-corrected chi connectivity index (χ1v) is 7.89. The van der Waals surface area contributed by atoms with Gasteiger partial charge in [-0.25, -0.2) is 9.18 Å². The maximum Gasteiger partial charge on any atom is 0.339 e. The second kappa shape index (κ2) is 8.84. The van der Waals surface area contributed by atoms with E-state index in [9.17, 15) is 14.0 Å². The van der Waals surface area contributed by atoms with Gasteiger partial charge < -0.3 is 19.5 Å². The predicted octanol–water partition coefficient (Wildman–Crippen LogP) is 2.70. The highest BCUT2D eigenvalue weighted by Gasteiger charge is 2.19. The number of ether oxygens (including phenoxy) is 3. The van der Waals surface area contributed by atoms with Gasteiger partial charge in [0.25, 0.3) is 5.91 Å². The van der Waals surface area contributed by atoms with Crippen LogP contribution < -0.4 is 14.8 Å². The Balaban J connectivity index is 1.89. The Labute approximate surface area is 150 Å². The number of esters is 1. The Kier molecular flexibility index (Phi) is 6.54. The number of hydrogen-bond acceptors (Lipinski definition) is 5. The minimum atomic E-state index is -1.02. The van der Waals surface area contributed by atoms with Crippen molar-refractivity contribution >= 4 is 11.9 Å². The summed E-state index contributed by atoms with van der Waals surface area (Å²) >= 11 is 0. The molecule has 0 saturated heterocycles. The molecule has 6 nitrogen and oxygen atoms in total. The zero-order valence-corrected chi connectivity index (χ0v) is 14.7. The van der Waals surface area contributed by atoms with Crippen LogP contribution in [0.15, 0.2) is 42.5 Å². The maximum atomic E-state index is 13.6. The summed E-state index contributed by atoms with van der Waals surface area (Å²) < 4.78 is 28.6. The molecule has 2 rings (SSSR count). The summed E-state index contributed by atoms with van der Waals surface area (Å²) in [6.45, 7) is 1.73. The molecule has 0 aromatic heterocycles. The van der Waals surface area contributed by atoms with E-state index in [1.54, 1.807) is 19.2 Å². The van der Waals surface area contributed by atoms with Crippen LogP contribution in [0.5, 0.6) is 11.5 Å². The summed E-state index contributed by atoms with van der Waals surface area (Å²) in [4.78, 5) is 24.1. The molecular formula is C19H20FNO5. The Morgan fingerprint density at radius 3 is 2.35 bits per heavy atom. The third kappa shape index (κ3) is 4.95. The van der Waals surface area contributed by atoms with Crippen molar-refractivity contribution in [1.82, 2.24) is 5.32 Å². The van der Waals surface area contributed by atoms with Crippen LogP contribution in [-0.2, 0) is 16.1 Å². The molecule has 0 radical (unpaired) electrons. The molecule has 1 amide bonds. The highest BCUT2D eigenvalue weighted by atomic mass is 19.1. The first kappa shape index (κ1) is 19.2. The van der Waals surface area contributed by atoms with Crippen molar-refractivity contribution in [2.24, 2.45) is 0 Å². The summed E-state index contributed by atoms with van der Waals surface area (Å²) in [6, 6.07) is 10.9. The largest absolute Gasteiger partial charge is 0.497 e. The van der Waals surface area contributed by atoms with E-state index >= 15 is 0 Å². The third-order valence-electron chi connectivity index (χ3n) is 3.67. The van der Waals surface area contributed by atoms with Crippen molar-refractivity contribution in [1.29, 1.82) is 0 Å². The van der Waals surface area contributed by atoms with Crippen LogP contribution in [-0.4, -0.2) is 32.2 Å². The molecule has 0 saturated carbocycles. The lowest BCUT2D eigenvalue weighted by atomic mass is 10.2. The number of carbonyl (C=O) groups is 2. The molecule has 138 valence electrons. The number of halogens is 1. The molecule has 0 heterocycles. The van der Waals surface area contributed by atoms with Gasteiger partial charge in [-0.15, -0.1) is 0 Å². The van der Waals surface area contributed by atoms with E-state index in [0.29, 0.717) is 5.75 Å². The third-order valence-corrected chi connectivity index (χ3v) is 3.67. The van der Waals surface area contributed by atoms with Gasteiger partial charge in [0.15, 0.2) is 17.7 Å². The van der Waals surface area contributed by atoms with Crippen LogP contribution in [0, 0.1) is 5.82 Å². The van der Waals surface area contributed by atoms with Crippen LogP contribution in [0.4, 0.5) is 4.39 Å². The highest BCUT2D eigenvalue weighted by Crippen LogP contribution is 2.18. The standard InChI is InChI=1S/C19H20FNO5/c1-12(18(22)21-11-13-4-7-15(24-2)8-5-13)26-19(23)14-6-9-17(25-3)16(20)10-14/h4-10,12H,11H2,1-3H3,(H,21,22). The van der Waals surface area contributed by atoms with Crippen LogP contribution in [0.25, 0.3) is 0 Å². The minimum absolute atomic E-state index is 0.00176. The average Bonchev–Trinajstić information content (AvgIpc) is 2.66. The van der Waals surface area contributed by atoms with Gasteiger partial charge in [-0.2, -0.15) is 0 Å². The van der Waals surface area contributed by atoms with Crippen LogP contribution >= 0.6 is 0 Å². The van der Waals surface area contributed by atoms with Gasteiger partial charge >= 0.3 is 5.97 Å². The molecule has 26 heavy (non-hydrogen) atoms. The zero-order chi connectivity index (χ0) is 19.1. The van der Waals surface area contributed by atoms with Gasteiger partial charge in [0, 0.05) is 6.54 Å². The molecule has 0 aliphatic rings. The molecule has 1 N–H and O–H groups in total. The molecule has 1 unspecified atom stereocenters.